The normalized spacial score (nSPS) is 14.8. The Labute approximate surface area is 188 Å². The molecule has 0 aromatic heterocycles. The van der Waals surface area contributed by atoms with Crippen LogP contribution in [0.2, 0.25) is 0 Å². The van der Waals surface area contributed by atoms with Gasteiger partial charge in [-0.15, -0.1) is 0 Å². The first-order chi connectivity index (χ1) is 15.9. The summed E-state index contributed by atoms with van der Waals surface area (Å²) in [7, 11) is 0. The van der Waals surface area contributed by atoms with E-state index < -0.39 is 23.3 Å². The number of hydrogen-bond acceptors (Lipinski definition) is 3. The van der Waals surface area contributed by atoms with E-state index in [0.717, 1.165) is 12.1 Å². The molecule has 1 heterocycles. The first kappa shape index (κ1) is 22.8. The van der Waals surface area contributed by atoms with Crippen molar-refractivity contribution in [2.45, 2.75) is 25.4 Å². The third kappa shape index (κ3) is 5.70. The molecule has 4 nitrogen and oxygen atoms in total. The van der Waals surface area contributed by atoms with Crippen molar-refractivity contribution in [1.29, 1.82) is 0 Å². The average molecular weight is 458 g/mol. The molecule has 0 spiro atoms. The van der Waals surface area contributed by atoms with Gasteiger partial charge < -0.3 is 10.1 Å². The number of carbonyl (C=O) groups excluding carboxylic acids is 1. The zero-order chi connectivity index (χ0) is 23.4. The molecule has 1 aliphatic heterocycles. The summed E-state index contributed by atoms with van der Waals surface area (Å²) in [5.74, 6) is -2.79. The topological polar surface area (TPSA) is 41.6 Å². The van der Waals surface area contributed by atoms with Gasteiger partial charge in [0.15, 0.2) is 11.6 Å². The van der Waals surface area contributed by atoms with Crippen molar-refractivity contribution < 1.29 is 27.1 Å². The zero-order valence-electron chi connectivity index (χ0n) is 17.7. The van der Waals surface area contributed by atoms with Crippen LogP contribution in [0.15, 0.2) is 60.7 Å². The van der Waals surface area contributed by atoms with Gasteiger partial charge in [-0.2, -0.15) is 0 Å². The summed E-state index contributed by atoms with van der Waals surface area (Å²) in [4.78, 5) is 14.5. The molecule has 0 radical (unpaired) electrons. The largest absolute Gasteiger partial charge is 0.457 e. The third-order valence-corrected chi connectivity index (χ3v) is 5.61. The lowest BCUT2D eigenvalue weighted by atomic mass is 10.0. The maximum Gasteiger partial charge on any atom is 0.251 e. The molecule has 1 amide bonds. The molecule has 0 bridgehead atoms. The fraction of sp³-hybridized carbons (Fsp3) is 0.240. The van der Waals surface area contributed by atoms with E-state index in [1.165, 1.54) is 24.3 Å². The molecule has 1 fully saturated rings. The number of ether oxygens (including phenoxy) is 1. The Morgan fingerprint density at radius 2 is 1.48 bits per heavy atom. The van der Waals surface area contributed by atoms with Gasteiger partial charge in [0.2, 0.25) is 0 Å². The van der Waals surface area contributed by atoms with Crippen molar-refractivity contribution >= 4 is 5.91 Å². The van der Waals surface area contributed by atoms with Crippen LogP contribution in [-0.2, 0) is 6.54 Å². The van der Waals surface area contributed by atoms with Crippen molar-refractivity contribution in [2.75, 3.05) is 13.1 Å². The van der Waals surface area contributed by atoms with Gasteiger partial charge in [0.1, 0.15) is 23.1 Å². The minimum atomic E-state index is -1.01. The van der Waals surface area contributed by atoms with Gasteiger partial charge >= 0.3 is 0 Å². The number of hydrogen-bond donors (Lipinski definition) is 1. The van der Waals surface area contributed by atoms with E-state index in [2.05, 4.69) is 5.32 Å². The predicted octanol–water partition coefficient (Wildman–Crippen LogP) is 5.43. The van der Waals surface area contributed by atoms with Crippen molar-refractivity contribution in [3.8, 4) is 11.5 Å². The molecule has 3 aromatic rings. The Hall–Kier alpha value is -3.39. The number of piperidine rings is 1. The molecule has 33 heavy (non-hydrogen) atoms. The number of halogens is 4. The Bertz CT molecular complexity index is 1110. The number of nitrogens with zero attached hydrogens (tertiary/aromatic N) is 1. The van der Waals surface area contributed by atoms with Crippen LogP contribution in [0, 0.1) is 23.3 Å². The molecule has 0 saturated carbocycles. The molecule has 1 saturated heterocycles. The first-order valence-corrected chi connectivity index (χ1v) is 10.6. The summed E-state index contributed by atoms with van der Waals surface area (Å²) in [6.07, 6.45) is 1.33. The summed E-state index contributed by atoms with van der Waals surface area (Å²) in [6, 6.07) is 13.3. The minimum Gasteiger partial charge on any atom is -0.457 e. The number of nitrogens with one attached hydrogen (secondary N) is 1. The highest BCUT2D eigenvalue weighted by atomic mass is 19.2. The monoisotopic (exact) mass is 458 g/mol. The van der Waals surface area contributed by atoms with Gasteiger partial charge in [-0.25, -0.2) is 17.6 Å². The predicted molar refractivity (Wildman–Crippen MR) is 115 cm³/mol. The molecule has 0 unspecified atom stereocenters. The Morgan fingerprint density at radius 1 is 0.848 bits per heavy atom. The number of carbonyl (C=O) groups is 1. The van der Waals surface area contributed by atoms with Crippen molar-refractivity contribution in [3.05, 3.63) is 95.1 Å². The van der Waals surface area contributed by atoms with Crippen LogP contribution in [0.5, 0.6) is 11.5 Å². The van der Waals surface area contributed by atoms with Crippen LogP contribution in [0.3, 0.4) is 0 Å². The fourth-order valence-corrected chi connectivity index (χ4v) is 3.76. The molecule has 172 valence electrons. The lowest BCUT2D eigenvalue weighted by molar-refractivity contribution is 0.0908. The average Bonchev–Trinajstić information content (AvgIpc) is 2.80. The first-order valence-electron chi connectivity index (χ1n) is 10.6. The maximum atomic E-state index is 13.9. The number of benzene rings is 3. The minimum absolute atomic E-state index is 0.0441. The smallest absolute Gasteiger partial charge is 0.251 e. The van der Waals surface area contributed by atoms with Crippen LogP contribution in [0.4, 0.5) is 17.6 Å². The summed E-state index contributed by atoms with van der Waals surface area (Å²) >= 11 is 0. The highest BCUT2D eigenvalue weighted by Gasteiger charge is 2.23. The van der Waals surface area contributed by atoms with Gasteiger partial charge in [0.25, 0.3) is 5.91 Å². The van der Waals surface area contributed by atoms with Crippen LogP contribution in [-0.4, -0.2) is 29.9 Å². The van der Waals surface area contributed by atoms with E-state index in [-0.39, 0.29) is 29.8 Å². The summed E-state index contributed by atoms with van der Waals surface area (Å²) in [5.41, 5.74) is 0.495. The van der Waals surface area contributed by atoms with Gasteiger partial charge in [0, 0.05) is 42.9 Å². The highest BCUT2D eigenvalue weighted by molar-refractivity contribution is 5.94. The molecular weight excluding hydrogens is 436 g/mol. The second-order valence-corrected chi connectivity index (χ2v) is 7.93. The van der Waals surface area contributed by atoms with Crippen LogP contribution in [0.25, 0.3) is 0 Å². The van der Waals surface area contributed by atoms with E-state index >= 15 is 0 Å². The van der Waals surface area contributed by atoms with Gasteiger partial charge in [-0.1, -0.05) is 6.07 Å². The Kier molecular flexibility index (Phi) is 6.93. The second kappa shape index (κ2) is 10.0. The quantitative estimate of drug-likeness (QED) is 0.501. The summed E-state index contributed by atoms with van der Waals surface area (Å²) < 4.78 is 59.5. The molecule has 1 aliphatic rings. The zero-order valence-corrected chi connectivity index (χ0v) is 17.7. The van der Waals surface area contributed by atoms with Gasteiger partial charge in [0.05, 0.1) is 0 Å². The lowest BCUT2D eigenvalue weighted by Gasteiger charge is -2.32. The number of likely N-dealkylation sites (tertiary alicyclic amines) is 1. The Morgan fingerprint density at radius 3 is 2.12 bits per heavy atom. The van der Waals surface area contributed by atoms with Crippen LogP contribution >= 0.6 is 0 Å². The Balaban J connectivity index is 1.28. The standard InChI is InChI=1S/C25H22F4N2O2/c26-21-2-1-3-22(27)20(21)15-31-12-10-17(11-13-31)30-25(32)16-4-6-18(7-5-16)33-19-8-9-23(28)24(29)14-19/h1-9,14,17H,10-13,15H2,(H,30,32). The molecule has 0 atom stereocenters. The van der Waals surface area contributed by atoms with Gasteiger partial charge in [-0.05, 0) is 61.4 Å². The van der Waals surface area contributed by atoms with E-state index in [0.29, 0.717) is 37.2 Å². The van der Waals surface area contributed by atoms with Crippen molar-refractivity contribution in [3.63, 3.8) is 0 Å². The van der Waals surface area contributed by atoms with E-state index in [9.17, 15) is 22.4 Å². The van der Waals surface area contributed by atoms with E-state index in [1.54, 1.807) is 24.3 Å². The SMILES string of the molecule is O=C(NC1CCN(Cc2c(F)cccc2F)CC1)c1ccc(Oc2ccc(F)c(F)c2)cc1. The van der Waals surface area contributed by atoms with Crippen LogP contribution < -0.4 is 10.1 Å². The fourth-order valence-electron chi connectivity index (χ4n) is 3.76. The summed E-state index contributed by atoms with van der Waals surface area (Å²) in [6.45, 7) is 1.41. The van der Waals surface area contributed by atoms with Gasteiger partial charge in [-0.3, -0.25) is 9.69 Å². The van der Waals surface area contributed by atoms with Crippen molar-refractivity contribution in [2.24, 2.45) is 0 Å². The second-order valence-electron chi connectivity index (χ2n) is 7.93. The molecule has 0 aliphatic carbocycles. The lowest BCUT2D eigenvalue weighted by Crippen LogP contribution is -2.44. The van der Waals surface area contributed by atoms with E-state index in [1.807, 2.05) is 4.90 Å². The highest BCUT2D eigenvalue weighted by Crippen LogP contribution is 2.24. The summed E-state index contributed by atoms with van der Waals surface area (Å²) in [5, 5.41) is 2.98. The van der Waals surface area contributed by atoms with E-state index in [4.69, 9.17) is 4.74 Å². The molecule has 8 heteroatoms. The number of amides is 1. The maximum absolute atomic E-state index is 13.9. The molecule has 1 N–H and O–H groups in total. The van der Waals surface area contributed by atoms with Crippen LogP contribution in [0.1, 0.15) is 28.8 Å². The third-order valence-electron chi connectivity index (χ3n) is 5.61. The number of rotatable bonds is 6. The molecular formula is C25H22F4N2O2. The molecule has 4 rings (SSSR count). The van der Waals surface area contributed by atoms with Crippen molar-refractivity contribution in [1.82, 2.24) is 10.2 Å². The molecule has 3 aromatic carbocycles.